The summed E-state index contributed by atoms with van der Waals surface area (Å²) in [6.45, 7) is 2.61. The zero-order valence-corrected chi connectivity index (χ0v) is 9.68. The highest BCUT2D eigenvalue weighted by molar-refractivity contribution is 5.71. The third-order valence-electron chi connectivity index (χ3n) is 2.28. The normalized spacial score (nSPS) is 9.94. The molecular formula is C13H15N3O. The fourth-order valence-corrected chi connectivity index (χ4v) is 1.51. The molecule has 2 aromatic rings. The van der Waals surface area contributed by atoms with Crippen molar-refractivity contribution in [1.29, 1.82) is 0 Å². The van der Waals surface area contributed by atoms with Crippen LogP contribution in [0, 0.1) is 0 Å². The lowest BCUT2D eigenvalue weighted by atomic mass is 10.2. The summed E-state index contributed by atoms with van der Waals surface area (Å²) in [5.41, 5.74) is 8.21. The van der Waals surface area contributed by atoms with Crippen LogP contribution in [-0.4, -0.2) is 11.6 Å². The van der Waals surface area contributed by atoms with Gasteiger partial charge in [0.2, 0.25) is 0 Å². The van der Waals surface area contributed by atoms with Gasteiger partial charge >= 0.3 is 0 Å². The van der Waals surface area contributed by atoms with E-state index in [9.17, 15) is 0 Å². The Morgan fingerprint density at radius 1 is 1.35 bits per heavy atom. The number of nitrogens with zero attached hydrogens (tertiary/aromatic N) is 1. The minimum atomic E-state index is 0.620. The average molecular weight is 229 g/mol. The van der Waals surface area contributed by atoms with Crippen molar-refractivity contribution in [3.63, 3.8) is 0 Å². The second kappa shape index (κ2) is 5.21. The van der Waals surface area contributed by atoms with Gasteiger partial charge in [-0.05, 0) is 25.1 Å². The summed E-state index contributed by atoms with van der Waals surface area (Å²) in [6.07, 6.45) is 3.32. The van der Waals surface area contributed by atoms with Crippen molar-refractivity contribution in [3.8, 4) is 5.75 Å². The molecule has 88 valence electrons. The first-order valence-electron chi connectivity index (χ1n) is 5.49. The van der Waals surface area contributed by atoms with Crippen molar-refractivity contribution in [2.75, 3.05) is 17.7 Å². The van der Waals surface area contributed by atoms with Crippen molar-refractivity contribution < 1.29 is 4.74 Å². The molecule has 0 unspecified atom stereocenters. The van der Waals surface area contributed by atoms with Crippen LogP contribution >= 0.6 is 0 Å². The van der Waals surface area contributed by atoms with E-state index in [0.29, 0.717) is 12.3 Å². The Bertz CT molecular complexity index is 500. The number of pyridine rings is 1. The van der Waals surface area contributed by atoms with Crippen molar-refractivity contribution in [1.82, 2.24) is 4.98 Å². The largest absolute Gasteiger partial charge is 0.494 e. The number of rotatable bonds is 4. The van der Waals surface area contributed by atoms with Gasteiger partial charge in [-0.15, -0.1) is 0 Å². The molecule has 1 heterocycles. The second-order valence-electron chi connectivity index (χ2n) is 3.55. The van der Waals surface area contributed by atoms with Crippen LogP contribution in [0.5, 0.6) is 5.75 Å². The van der Waals surface area contributed by atoms with Gasteiger partial charge in [0.15, 0.2) is 0 Å². The standard InChI is InChI=1S/C13H15N3O/c1-2-17-11-5-3-4-10(8-11)16-13-6-7-15-9-12(13)14/h3-9H,2,14H2,1H3,(H,15,16). The number of benzene rings is 1. The molecule has 0 fully saturated rings. The van der Waals surface area contributed by atoms with Crippen molar-refractivity contribution >= 4 is 17.1 Å². The highest BCUT2D eigenvalue weighted by Crippen LogP contribution is 2.24. The summed E-state index contributed by atoms with van der Waals surface area (Å²) in [5, 5.41) is 3.23. The molecule has 3 N–H and O–H groups in total. The maximum absolute atomic E-state index is 5.81. The molecule has 0 saturated carbocycles. The van der Waals surface area contributed by atoms with E-state index in [1.807, 2.05) is 37.3 Å². The van der Waals surface area contributed by atoms with E-state index in [1.54, 1.807) is 12.4 Å². The minimum absolute atomic E-state index is 0.620. The predicted octanol–water partition coefficient (Wildman–Crippen LogP) is 2.81. The molecule has 2 rings (SSSR count). The lowest BCUT2D eigenvalue weighted by molar-refractivity contribution is 0.340. The van der Waals surface area contributed by atoms with E-state index in [2.05, 4.69) is 10.3 Å². The Balaban J connectivity index is 2.18. The van der Waals surface area contributed by atoms with Gasteiger partial charge in [0.25, 0.3) is 0 Å². The molecule has 0 aliphatic carbocycles. The number of hydrogen-bond donors (Lipinski definition) is 2. The summed E-state index contributed by atoms with van der Waals surface area (Å²) in [7, 11) is 0. The lowest BCUT2D eigenvalue weighted by Crippen LogP contribution is -1.97. The van der Waals surface area contributed by atoms with Gasteiger partial charge < -0.3 is 15.8 Å². The van der Waals surface area contributed by atoms with Crippen LogP contribution in [0.2, 0.25) is 0 Å². The first-order chi connectivity index (χ1) is 8.29. The summed E-state index contributed by atoms with van der Waals surface area (Å²) in [6, 6.07) is 9.59. The third kappa shape index (κ3) is 2.87. The second-order valence-corrected chi connectivity index (χ2v) is 3.55. The highest BCUT2D eigenvalue weighted by atomic mass is 16.5. The van der Waals surface area contributed by atoms with Gasteiger partial charge in [0.05, 0.1) is 24.2 Å². The van der Waals surface area contributed by atoms with Crippen molar-refractivity contribution in [3.05, 3.63) is 42.7 Å². The maximum Gasteiger partial charge on any atom is 0.121 e. The summed E-state index contributed by atoms with van der Waals surface area (Å²) in [5.74, 6) is 0.838. The molecule has 0 bridgehead atoms. The Kier molecular flexibility index (Phi) is 3.45. The van der Waals surface area contributed by atoms with Crippen LogP contribution in [0.4, 0.5) is 17.1 Å². The zero-order chi connectivity index (χ0) is 12.1. The van der Waals surface area contributed by atoms with Gasteiger partial charge in [-0.1, -0.05) is 6.07 Å². The molecule has 1 aromatic heterocycles. The van der Waals surface area contributed by atoms with Crippen LogP contribution in [-0.2, 0) is 0 Å². The first kappa shape index (κ1) is 11.3. The summed E-state index contributed by atoms with van der Waals surface area (Å²) < 4.78 is 5.43. The van der Waals surface area contributed by atoms with Crippen LogP contribution in [0.3, 0.4) is 0 Å². The fourth-order valence-electron chi connectivity index (χ4n) is 1.51. The number of anilines is 3. The van der Waals surface area contributed by atoms with E-state index in [0.717, 1.165) is 17.1 Å². The predicted molar refractivity (Wildman–Crippen MR) is 69.5 cm³/mol. The molecule has 0 aliphatic rings. The smallest absolute Gasteiger partial charge is 0.121 e. The molecular weight excluding hydrogens is 214 g/mol. The molecule has 17 heavy (non-hydrogen) atoms. The van der Waals surface area contributed by atoms with Gasteiger partial charge in [-0.25, -0.2) is 0 Å². The minimum Gasteiger partial charge on any atom is -0.494 e. The molecule has 0 aliphatic heterocycles. The summed E-state index contributed by atoms with van der Waals surface area (Å²) >= 11 is 0. The van der Waals surface area contributed by atoms with Crippen LogP contribution < -0.4 is 15.8 Å². The van der Waals surface area contributed by atoms with Gasteiger partial charge in [0, 0.05) is 18.0 Å². The van der Waals surface area contributed by atoms with E-state index < -0.39 is 0 Å². The number of nitrogens with one attached hydrogen (secondary N) is 1. The maximum atomic E-state index is 5.81. The molecule has 4 nitrogen and oxygen atoms in total. The number of aromatic nitrogens is 1. The van der Waals surface area contributed by atoms with E-state index >= 15 is 0 Å². The van der Waals surface area contributed by atoms with Gasteiger partial charge in [0.1, 0.15) is 5.75 Å². The molecule has 0 spiro atoms. The van der Waals surface area contributed by atoms with Crippen molar-refractivity contribution in [2.24, 2.45) is 0 Å². The average Bonchev–Trinajstić information content (AvgIpc) is 2.33. The molecule has 0 saturated heterocycles. The third-order valence-corrected chi connectivity index (χ3v) is 2.28. The Morgan fingerprint density at radius 2 is 2.24 bits per heavy atom. The number of nitrogens with two attached hydrogens (primary N) is 1. The Morgan fingerprint density at radius 3 is 3.00 bits per heavy atom. The van der Waals surface area contributed by atoms with Gasteiger partial charge in [-0.2, -0.15) is 0 Å². The van der Waals surface area contributed by atoms with E-state index in [4.69, 9.17) is 10.5 Å². The summed E-state index contributed by atoms with van der Waals surface area (Å²) in [4.78, 5) is 3.94. The topological polar surface area (TPSA) is 60.2 Å². The SMILES string of the molecule is CCOc1cccc(Nc2ccncc2N)c1. The van der Waals surface area contributed by atoms with Crippen molar-refractivity contribution in [2.45, 2.75) is 6.92 Å². The molecule has 4 heteroatoms. The highest BCUT2D eigenvalue weighted by Gasteiger charge is 2.00. The van der Waals surface area contributed by atoms with Gasteiger partial charge in [-0.3, -0.25) is 4.98 Å². The number of hydrogen-bond acceptors (Lipinski definition) is 4. The number of ether oxygens (including phenoxy) is 1. The monoisotopic (exact) mass is 229 g/mol. The van der Waals surface area contributed by atoms with E-state index in [1.165, 1.54) is 0 Å². The molecule has 1 aromatic carbocycles. The zero-order valence-electron chi connectivity index (χ0n) is 9.68. The Hall–Kier alpha value is -2.23. The first-order valence-corrected chi connectivity index (χ1v) is 5.49. The fraction of sp³-hybridized carbons (Fsp3) is 0.154. The molecule has 0 radical (unpaired) electrons. The quantitative estimate of drug-likeness (QED) is 0.846. The number of nitrogen functional groups attached to an aromatic ring is 1. The van der Waals surface area contributed by atoms with E-state index in [-0.39, 0.29) is 0 Å². The van der Waals surface area contributed by atoms with Crippen LogP contribution in [0.15, 0.2) is 42.7 Å². The Labute approximate surface area is 100 Å². The van der Waals surface area contributed by atoms with Crippen LogP contribution in [0.25, 0.3) is 0 Å². The molecule has 0 amide bonds. The lowest BCUT2D eigenvalue weighted by Gasteiger charge is -2.10. The molecule has 0 atom stereocenters. The van der Waals surface area contributed by atoms with Crippen LogP contribution in [0.1, 0.15) is 6.92 Å².